The second-order valence-electron chi connectivity index (χ2n) is 6.80. The summed E-state index contributed by atoms with van der Waals surface area (Å²) in [4.78, 5) is 2.60. The normalized spacial score (nSPS) is 23.7. The minimum Gasteiger partial charge on any atom is -0.312 e. The topological polar surface area (TPSA) is 15.3 Å². The molecule has 3 heteroatoms. The van der Waals surface area contributed by atoms with Crippen molar-refractivity contribution in [2.75, 3.05) is 19.6 Å². The summed E-state index contributed by atoms with van der Waals surface area (Å²) < 4.78 is 0. The summed E-state index contributed by atoms with van der Waals surface area (Å²) in [6.45, 7) is 14.8. The minimum absolute atomic E-state index is 0.710. The lowest BCUT2D eigenvalue weighted by Gasteiger charge is -2.34. The third kappa shape index (κ3) is 6.01. The fraction of sp³-hybridized carbons (Fsp3) is 0.667. The molecule has 0 aromatic heterocycles. The second-order valence-corrected chi connectivity index (χ2v) is 8.68. The third-order valence-electron chi connectivity index (χ3n) is 3.77. The molecule has 1 aromatic carbocycles. The quantitative estimate of drug-likeness (QED) is 0.861. The van der Waals surface area contributed by atoms with Crippen molar-refractivity contribution in [1.29, 1.82) is 0 Å². The van der Waals surface area contributed by atoms with Gasteiger partial charge in [0, 0.05) is 36.7 Å². The first-order valence-electron chi connectivity index (χ1n) is 8.19. The van der Waals surface area contributed by atoms with Crippen molar-refractivity contribution in [3.8, 4) is 0 Å². The second kappa shape index (κ2) is 8.21. The van der Waals surface area contributed by atoms with Crippen LogP contribution in [0.1, 0.15) is 38.8 Å². The van der Waals surface area contributed by atoms with Gasteiger partial charge in [0.1, 0.15) is 0 Å². The van der Waals surface area contributed by atoms with Crippen LogP contribution in [0.3, 0.4) is 0 Å². The average molecular weight is 307 g/mol. The summed E-state index contributed by atoms with van der Waals surface area (Å²) in [5.74, 6) is 0.710. The fourth-order valence-electron chi connectivity index (χ4n) is 3.01. The fourth-order valence-corrected chi connectivity index (χ4v) is 4.40. The molecule has 2 atom stereocenters. The number of nitrogens with one attached hydrogen (secondary N) is 1. The maximum absolute atomic E-state index is 3.53. The highest BCUT2D eigenvalue weighted by molar-refractivity contribution is 8.00. The Kier molecular flexibility index (Phi) is 6.59. The van der Waals surface area contributed by atoms with Crippen molar-refractivity contribution in [3.05, 3.63) is 35.4 Å². The lowest BCUT2D eigenvalue weighted by Crippen LogP contribution is -2.39. The average Bonchev–Trinajstić information content (AvgIpc) is 2.37. The molecule has 1 fully saturated rings. The number of benzene rings is 1. The van der Waals surface area contributed by atoms with Gasteiger partial charge in [0.2, 0.25) is 0 Å². The predicted molar refractivity (Wildman–Crippen MR) is 94.8 cm³/mol. The molecular formula is C18H30N2S. The molecule has 1 heterocycles. The molecule has 2 rings (SSSR count). The smallest absolute Gasteiger partial charge is 0.0234 e. The Balaban J connectivity index is 1.88. The Morgan fingerprint density at radius 1 is 1.19 bits per heavy atom. The van der Waals surface area contributed by atoms with E-state index in [0.717, 1.165) is 30.1 Å². The van der Waals surface area contributed by atoms with E-state index in [1.165, 1.54) is 24.2 Å². The minimum atomic E-state index is 0.710. The van der Waals surface area contributed by atoms with Crippen molar-refractivity contribution < 1.29 is 0 Å². The Bertz CT molecular complexity index is 423. The standard InChI is InChI=1S/C18H30N2S/c1-14(2)9-19-10-17-6-5-7-18(8-17)13-20-11-15(3)21-16(4)12-20/h5-8,14-16,19H,9-13H2,1-4H3. The van der Waals surface area contributed by atoms with Crippen LogP contribution in [0.2, 0.25) is 0 Å². The lowest BCUT2D eigenvalue weighted by molar-refractivity contribution is 0.263. The molecule has 118 valence electrons. The highest BCUT2D eigenvalue weighted by Crippen LogP contribution is 2.25. The lowest BCUT2D eigenvalue weighted by atomic mass is 10.1. The zero-order valence-electron chi connectivity index (χ0n) is 13.9. The van der Waals surface area contributed by atoms with Crippen LogP contribution in [0.4, 0.5) is 0 Å². The third-order valence-corrected chi connectivity index (χ3v) is 5.00. The van der Waals surface area contributed by atoms with Crippen LogP contribution in [0.15, 0.2) is 24.3 Å². The molecule has 21 heavy (non-hydrogen) atoms. The molecular weight excluding hydrogens is 276 g/mol. The van der Waals surface area contributed by atoms with Crippen molar-refractivity contribution in [1.82, 2.24) is 10.2 Å². The summed E-state index contributed by atoms with van der Waals surface area (Å²) in [7, 11) is 0. The molecule has 2 nitrogen and oxygen atoms in total. The summed E-state index contributed by atoms with van der Waals surface area (Å²) in [5, 5.41) is 5.04. The van der Waals surface area contributed by atoms with Gasteiger partial charge in [-0.25, -0.2) is 0 Å². The highest BCUT2D eigenvalue weighted by Gasteiger charge is 2.22. The van der Waals surface area contributed by atoms with E-state index in [2.05, 4.69) is 73.9 Å². The van der Waals surface area contributed by atoms with Crippen molar-refractivity contribution in [3.63, 3.8) is 0 Å². The van der Waals surface area contributed by atoms with E-state index in [1.807, 2.05) is 0 Å². The van der Waals surface area contributed by atoms with E-state index in [9.17, 15) is 0 Å². The molecule has 1 aliphatic heterocycles. The molecule has 2 unspecified atom stereocenters. The number of thioether (sulfide) groups is 1. The molecule has 1 saturated heterocycles. The maximum atomic E-state index is 3.53. The van der Waals surface area contributed by atoms with Crippen molar-refractivity contribution in [2.24, 2.45) is 5.92 Å². The van der Waals surface area contributed by atoms with E-state index in [-0.39, 0.29) is 0 Å². The number of hydrogen-bond donors (Lipinski definition) is 1. The van der Waals surface area contributed by atoms with Crippen molar-refractivity contribution in [2.45, 2.75) is 51.3 Å². The first-order chi connectivity index (χ1) is 10.0. The molecule has 1 aromatic rings. The molecule has 1 aliphatic rings. The summed E-state index contributed by atoms with van der Waals surface area (Å²) >= 11 is 2.12. The molecule has 0 amide bonds. The summed E-state index contributed by atoms with van der Waals surface area (Å²) in [5.41, 5.74) is 2.85. The number of rotatable bonds is 6. The molecule has 0 aliphatic carbocycles. The van der Waals surface area contributed by atoms with E-state index in [1.54, 1.807) is 0 Å². The van der Waals surface area contributed by atoms with Gasteiger partial charge in [0.15, 0.2) is 0 Å². The van der Waals surface area contributed by atoms with E-state index in [4.69, 9.17) is 0 Å². The number of nitrogens with zero attached hydrogens (tertiary/aromatic N) is 1. The van der Waals surface area contributed by atoms with Gasteiger partial charge in [0.05, 0.1) is 0 Å². The van der Waals surface area contributed by atoms with Crippen LogP contribution >= 0.6 is 11.8 Å². The van der Waals surface area contributed by atoms with E-state index in [0.29, 0.717) is 5.92 Å². The van der Waals surface area contributed by atoms with Gasteiger partial charge in [-0.1, -0.05) is 52.0 Å². The van der Waals surface area contributed by atoms with Crippen LogP contribution < -0.4 is 5.32 Å². The monoisotopic (exact) mass is 306 g/mol. The van der Waals surface area contributed by atoms with Gasteiger partial charge >= 0.3 is 0 Å². The molecule has 0 radical (unpaired) electrons. The van der Waals surface area contributed by atoms with Gasteiger partial charge in [-0.3, -0.25) is 4.90 Å². The van der Waals surface area contributed by atoms with Gasteiger partial charge in [-0.15, -0.1) is 0 Å². The predicted octanol–water partition coefficient (Wildman–Crippen LogP) is 3.76. The Labute approximate surface area is 134 Å². The van der Waals surface area contributed by atoms with Crippen LogP contribution in [0.5, 0.6) is 0 Å². The molecule has 1 N–H and O–H groups in total. The SMILES string of the molecule is CC(C)CNCc1cccc(CN2CC(C)SC(C)C2)c1. The van der Waals surface area contributed by atoms with Gasteiger partial charge in [0.25, 0.3) is 0 Å². The van der Waals surface area contributed by atoms with Crippen molar-refractivity contribution >= 4 is 11.8 Å². The van der Waals surface area contributed by atoms with Crippen LogP contribution in [-0.4, -0.2) is 35.0 Å². The first kappa shape index (κ1) is 16.9. The van der Waals surface area contributed by atoms with Gasteiger partial charge in [-0.05, 0) is 23.6 Å². The molecule has 0 saturated carbocycles. The van der Waals surface area contributed by atoms with Gasteiger partial charge in [-0.2, -0.15) is 11.8 Å². The molecule has 0 bridgehead atoms. The summed E-state index contributed by atoms with van der Waals surface area (Å²) in [6.07, 6.45) is 0. The zero-order chi connectivity index (χ0) is 15.2. The largest absolute Gasteiger partial charge is 0.312 e. The first-order valence-corrected chi connectivity index (χ1v) is 9.13. The highest BCUT2D eigenvalue weighted by atomic mass is 32.2. The molecule has 0 spiro atoms. The Morgan fingerprint density at radius 3 is 2.52 bits per heavy atom. The number of hydrogen-bond acceptors (Lipinski definition) is 3. The van der Waals surface area contributed by atoms with Crippen LogP contribution in [-0.2, 0) is 13.1 Å². The van der Waals surface area contributed by atoms with E-state index >= 15 is 0 Å². The van der Waals surface area contributed by atoms with E-state index < -0.39 is 0 Å². The Hall–Kier alpha value is -0.510. The van der Waals surface area contributed by atoms with Crippen LogP contribution in [0.25, 0.3) is 0 Å². The zero-order valence-corrected chi connectivity index (χ0v) is 14.7. The summed E-state index contributed by atoms with van der Waals surface area (Å²) in [6, 6.07) is 9.06. The Morgan fingerprint density at radius 2 is 1.86 bits per heavy atom. The van der Waals surface area contributed by atoms with Gasteiger partial charge < -0.3 is 5.32 Å². The van der Waals surface area contributed by atoms with Crippen LogP contribution in [0, 0.1) is 5.92 Å². The maximum Gasteiger partial charge on any atom is 0.0234 e.